The fourth-order valence-electron chi connectivity index (χ4n) is 3.93. The van der Waals surface area contributed by atoms with Gasteiger partial charge in [-0.15, -0.1) is 0 Å². The van der Waals surface area contributed by atoms with Crippen molar-refractivity contribution < 1.29 is 19.1 Å². The molecule has 0 saturated heterocycles. The van der Waals surface area contributed by atoms with Crippen molar-refractivity contribution in [1.29, 1.82) is 0 Å². The van der Waals surface area contributed by atoms with Crippen LogP contribution in [-0.2, 0) is 24.3 Å². The molecule has 2 amide bonds. The molecule has 2 aromatic carbocycles. The zero-order valence-electron chi connectivity index (χ0n) is 19.4. The quantitative estimate of drug-likeness (QED) is 0.418. The summed E-state index contributed by atoms with van der Waals surface area (Å²) in [7, 11) is 0. The maximum Gasteiger partial charge on any atom is 0.270 e. The second-order valence-corrected chi connectivity index (χ2v) is 8.93. The molecule has 0 aliphatic carbocycles. The summed E-state index contributed by atoms with van der Waals surface area (Å²) in [4.78, 5) is 41.9. The zero-order chi connectivity index (χ0) is 25.2. The lowest BCUT2D eigenvalue weighted by atomic mass is 10.0. The number of ketones is 1. The molecule has 0 atom stereocenters. The normalized spacial score (nSPS) is 12.7. The van der Waals surface area contributed by atoms with Crippen LogP contribution in [0.2, 0.25) is 5.02 Å². The molecule has 0 fully saturated rings. The molecule has 2 N–H and O–H groups in total. The van der Waals surface area contributed by atoms with Gasteiger partial charge in [0.25, 0.3) is 11.8 Å². The molecule has 2 aromatic heterocycles. The van der Waals surface area contributed by atoms with Gasteiger partial charge in [0.2, 0.25) is 0 Å². The van der Waals surface area contributed by atoms with Crippen LogP contribution < -0.4 is 15.4 Å². The molecule has 182 valence electrons. The molecular weight excluding hydrogens is 482 g/mol. The average molecular weight is 504 g/mol. The maximum absolute atomic E-state index is 13.0. The largest absolute Gasteiger partial charge is 0.486 e. The molecule has 3 heterocycles. The molecule has 9 nitrogen and oxygen atoms in total. The fourth-order valence-corrected chi connectivity index (χ4v) is 4.13. The van der Waals surface area contributed by atoms with E-state index in [1.54, 1.807) is 18.2 Å². The molecule has 10 heteroatoms. The summed E-state index contributed by atoms with van der Waals surface area (Å²) >= 11 is 6.18. The number of hydrogen-bond acceptors (Lipinski definition) is 6. The summed E-state index contributed by atoms with van der Waals surface area (Å²) in [5.41, 5.74) is 4.05. The van der Waals surface area contributed by atoms with Gasteiger partial charge in [-0.05, 0) is 41.8 Å². The summed E-state index contributed by atoms with van der Waals surface area (Å²) in [5, 5.41) is 10.5. The molecule has 0 radical (unpaired) electrons. The highest BCUT2D eigenvalue weighted by molar-refractivity contribution is 6.31. The molecule has 0 saturated carbocycles. The van der Waals surface area contributed by atoms with Crippen molar-refractivity contribution in [3.05, 3.63) is 93.4 Å². The number of carbonyl (C=O) groups excluding carboxylic acids is 3. The van der Waals surface area contributed by atoms with Gasteiger partial charge in [0.05, 0.1) is 6.20 Å². The second-order valence-electron chi connectivity index (χ2n) is 8.52. The predicted octanol–water partition coefficient (Wildman–Crippen LogP) is 3.06. The van der Waals surface area contributed by atoms with Gasteiger partial charge in [0, 0.05) is 42.2 Å². The Labute approximate surface area is 211 Å². The topological polar surface area (TPSA) is 115 Å². The standard InChI is InChI=1S/C26H22ClN5O4/c1-15-2-3-17(9-20(15)27)13-29-26(35)22-11-21(31-24-6-7-30-32(22)24)25(34)28-12-16-4-5-23-18(8-16)10-19(33)14-36-23/h2-9,11H,10,12-14H2,1H3,(H,28,34)(H,29,35). The van der Waals surface area contributed by atoms with Crippen LogP contribution >= 0.6 is 11.6 Å². The summed E-state index contributed by atoms with van der Waals surface area (Å²) in [5.74, 6) is -0.154. The van der Waals surface area contributed by atoms with Crippen LogP contribution in [0.3, 0.4) is 0 Å². The molecule has 36 heavy (non-hydrogen) atoms. The van der Waals surface area contributed by atoms with E-state index >= 15 is 0 Å². The first-order chi connectivity index (χ1) is 17.4. The van der Waals surface area contributed by atoms with E-state index in [9.17, 15) is 14.4 Å². The lowest BCUT2D eigenvalue weighted by Crippen LogP contribution is -2.28. The monoisotopic (exact) mass is 503 g/mol. The summed E-state index contributed by atoms with van der Waals surface area (Å²) < 4.78 is 6.80. The number of halogens is 1. The summed E-state index contributed by atoms with van der Waals surface area (Å²) in [6.07, 6.45) is 1.82. The Morgan fingerprint density at radius 2 is 1.78 bits per heavy atom. The minimum absolute atomic E-state index is 0.0123. The van der Waals surface area contributed by atoms with E-state index in [2.05, 4.69) is 20.7 Å². The summed E-state index contributed by atoms with van der Waals surface area (Å²) in [6.45, 7) is 2.47. The van der Waals surface area contributed by atoms with Gasteiger partial charge < -0.3 is 15.4 Å². The molecule has 4 aromatic rings. The maximum atomic E-state index is 13.0. The van der Waals surface area contributed by atoms with Gasteiger partial charge in [0.15, 0.2) is 11.4 Å². The highest BCUT2D eigenvalue weighted by Gasteiger charge is 2.19. The first-order valence-corrected chi connectivity index (χ1v) is 11.7. The van der Waals surface area contributed by atoms with E-state index in [-0.39, 0.29) is 36.9 Å². The Balaban J connectivity index is 1.31. The number of ether oxygens (including phenoxy) is 1. The first-order valence-electron chi connectivity index (χ1n) is 11.3. The minimum atomic E-state index is -0.442. The molecule has 1 aliphatic rings. The first kappa shape index (κ1) is 23.5. The third-order valence-electron chi connectivity index (χ3n) is 5.87. The van der Waals surface area contributed by atoms with Crippen molar-refractivity contribution in [2.75, 3.05) is 6.61 Å². The SMILES string of the molecule is Cc1ccc(CNC(=O)c2cc(C(=O)NCc3ccc4c(c3)CC(=O)CO4)nc3ccnn23)cc1Cl. The van der Waals surface area contributed by atoms with Crippen LogP contribution in [0, 0.1) is 6.92 Å². The number of Topliss-reactive ketones (excluding diaryl/α,β-unsaturated/α-hetero) is 1. The lowest BCUT2D eigenvalue weighted by molar-refractivity contribution is -0.121. The number of carbonyl (C=O) groups is 3. The third kappa shape index (κ3) is 4.92. The number of amides is 2. The van der Waals surface area contributed by atoms with E-state index in [0.717, 1.165) is 22.3 Å². The summed E-state index contributed by atoms with van der Waals surface area (Å²) in [6, 6.07) is 14.1. The number of nitrogens with one attached hydrogen (secondary N) is 2. The van der Waals surface area contributed by atoms with Gasteiger partial charge in [-0.2, -0.15) is 5.10 Å². The van der Waals surface area contributed by atoms with Gasteiger partial charge in [-0.25, -0.2) is 9.50 Å². The second kappa shape index (κ2) is 9.79. The third-order valence-corrected chi connectivity index (χ3v) is 6.28. The van der Waals surface area contributed by atoms with Crippen LogP contribution in [0.15, 0.2) is 54.7 Å². The zero-order valence-corrected chi connectivity index (χ0v) is 20.1. The number of hydrogen-bond donors (Lipinski definition) is 2. The van der Waals surface area contributed by atoms with Crippen molar-refractivity contribution in [2.45, 2.75) is 26.4 Å². The Morgan fingerprint density at radius 1 is 1.03 bits per heavy atom. The van der Waals surface area contributed by atoms with Crippen LogP contribution in [0.4, 0.5) is 0 Å². The molecular formula is C26H22ClN5O4. The number of benzene rings is 2. The predicted molar refractivity (Wildman–Crippen MR) is 132 cm³/mol. The number of aryl methyl sites for hydroxylation is 1. The van der Waals surface area contributed by atoms with Crippen LogP contribution in [0.25, 0.3) is 5.65 Å². The highest BCUT2D eigenvalue weighted by Crippen LogP contribution is 2.24. The minimum Gasteiger partial charge on any atom is -0.486 e. The fraction of sp³-hybridized carbons (Fsp3) is 0.192. The van der Waals surface area contributed by atoms with Crippen molar-refractivity contribution >= 4 is 34.8 Å². The van der Waals surface area contributed by atoms with Crippen molar-refractivity contribution in [2.24, 2.45) is 0 Å². The van der Waals surface area contributed by atoms with Crippen molar-refractivity contribution in [3.63, 3.8) is 0 Å². The van der Waals surface area contributed by atoms with Crippen molar-refractivity contribution in [3.8, 4) is 5.75 Å². The van der Waals surface area contributed by atoms with Crippen molar-refractivity contribution in [1.82, 2.24) is 25.2 Å². The molecule has 0 spiro atoms. The Bertz CT molecular complexity index is 1510. The lowest BCUT2D eigenvalue weighted by Gasteiger charge is -2.17. The number of aromatic nitrogens is 3. The van der Waals surface area contributed by atoms with Gasteiger partial charge in [0.1, 0.15) is 23.7 Å². The average Bonchev–Trinajstić information content (AvgIpc) is 3.35. The highest BCUT2D eigenvalue weighted by atomic mass is 35.5. The number of rotatable bonds is 6. The van der Waals surface area contributed by atoms with E-state index in [1.807, 2.05) is 31.2 Å². The molecule has 5 rings (SSSR count). The molecule has 0 unspecified atom stereocenters. The van der Waals surface area contributed by atoms with E-state index in [1.165, 1.54) is 16.8 Å². The Hall–Kier alpha value is -4.24. The number of fused-ring (bicyclic) bond motifs is 2. The smallest absolute Gasteiger partial charge is 0.270 e. The molecule has 0 bridgehead atoms. The van der Waals surface area contributed by atoms with Crippen LogP contribution in [-0.4, -0.2) is 38.8 Å². The van der Waals surface area contributed by atoms with Gasteiger partial charge in [-0.3, -0.25) is 14.4 Å². The van der Waals surface area contributed by atoms with E-state index < -0.39 is 11.8 Å². The molecule has 1 aliphatic heterocycles. The van der Waals surface area contributed by atoms with Gasteiger partial charge in [-0.1, -0.05) is 29.8 Å². The Morgan fingerprint density at radius 3 is 2.58 bits per heavy atom. The van der Waals surface area contributed by atoms with Crippen LogP contribution in [0.1, 0.15) is 43.2 Å². The van der Waals surface area contributed by atoms with E-state index in [0.29, 0.717) is 22.8 Å². The van der Waals surface area contributed by atoms with Crippen LogP contribution in [0.5, 0.6) is 5.75 Å². The Kier molecular flexibility index (Phi) is 6.39. The van der Waals surface area contributed by atoms with E-state index in [4.69, 9.17) is 16.3 Å². The number of nitrogens with zero attached hydrogens (tertiary/aromatic N) is 3. The van der Waals surface area contributed by atoms with Gasteiger partial charge >= 0.3 is 0 Å².